The molecule has 13 nitrogen and oxygen atoms in total. The number of likely N-dealkylation sites (tertiary alicyclic amines) is 1. The largest absolute Gasteiger partial charge is 0.508 e. The van der Waals surface area contributed by atoms with Crippen molar-refractivity contribution in [1.82, 2.24) is 20.9 Å². The first kappa shape index (κ1) is 36.5. The zero-order valence-electron chi connectivity index (χ0n) is 26.3. The zero-order valence-corrected chi connectivity index (χ0v) is 26.3. The number of rotatable bonds is 17. The number of phenolic OH excluding ortho intramolecular Hbond substituents is 1. The molecule has 1 aromatic rings. The number of nitrogens with two attached hydrogens (primary N) is 2. The molecule has 1 aliphatic heterocycles. The van der Waals surface area contributed by atoms with Crippen LogP contribution in [-0.4, -0.2) is 88.0 Å². The van der Waals surface area contributed by atoms with Crippen molar-refractivity contribution in [2.24, 2.45) is 23.3 Å². The summed E-state index contributed by atoms with van der Waals surface area (Å²) in [6.07, 6.45) is 2.73. The third-order valence-corrected chi connectivity index (χ3v) is 8.00. The second-order valence-corrected chi connectivity index (χ2v) is 12.1. The van der Waals surface area contributed by atoms with E-state index in [-0.39, 0.29) is 36.3 Å². The summed E-state index contributed by atoms with van der Waals surface area (Å²) < 4.78 is 0. The van der Waals surface area contributed by atoms with Gasteiger partial charge >= 0.3 is 5.97 Å². The van der Waals surface area contributed by atoms with Gasteiger partial charge in [-0.05, 0) is 68.2 Å². The lowest BCUT2D eigenvalue weighted by atomic mass is 9.96. The predicted octanol–water partition coefficient (Wildman–Crippen LogP) is 0.623. The van der Waals surface area contributed by atoms with Gasteiger partial charge in [0.25, 0.3) is 0 Å². The summed E-state index contributed by atoms with van der Waals surface area (Å²) in [7, 11) is 0. The lowest BCUT2D eigenvalue weighted by Gasteiger charge is -2.30. The molecular formula is C31H50N6O7. The fourth-order valence-corrected chi connectivity index (χ4v) is 5.23. The summed E-state index contributed by atoms with van der Waals surface area (Å²) in [5.41, 5.74) is 12.3. The van der Waals surface area contributed by atoms with Gasteiger partial charge in [-0.15, -0.1) is 0 Å². The van der Waals surface area contributed by atoms with Crippen LogP contribution in [0.3, 0.4) is 0 Å². The molecule has 2 rings (SSSR count). The topological polar surface area (TPSA) is 217 Å². The van der Waals surface area contributed by atoms with Crippen LogP contribution in [0.2, 0.25) is 0 Å². The van der Waals surface area contributed by atoms with Crippen LogP contribution in [0, 0.1) is 11.8 Å². The van der Waals surface area contributed by atoms with Crippen molar-refractivity contribution in [3.05, 3.63) is 29.8 Å². The highest BCUT2D eigenvalue weighted by Crippen LogP contribution is 2.20. The van der Waals surface area contributed by atoms with Crippen molar-refractivity contribution in [2.45, 2.75) is 103 Å². The fourth-order valence-electron chi connectivity index (χ4n) is 5.23. The Labute approximate surface area is 259 Å². The van der Waals surface area contributed by atoms with E-state index in [1.165, 1.54) is 17.0 Å². The average Bonchev–Trinajstić information content (AvgIpc) is 3.48. The summed E-state index contributed by atoms with van der Waals surface area (Å²) in [6, 6.07) is 1.22. The van der Waals surface area contributed by atoms with Gasteiger partial charge in [-0.25, -0.2) is 4.79 Å². The molecule has 1 aromatic carbocycles. The Morgan fingerprint density at radius 1 is 1.00 bits per heavy atom. The first-order valence-corrected chi connectivity index (χ1v) is 15.5. The van der Waals surface area contributed by atoms with E-state index in [9.17, 15) is 34.2 Å². The molecule has 0 aromatic heterocycles. The van der Waals surface area contributed by atoms with Crippen molar-refractivity contribution in [2.75, 3.05) is 13.1 Å². The Hall–Kier alpha value is -3.71. The van der Waals surface area contributed by atoms with E-state index in [4.69, 9.17) is 11.5 Å². The number of aliphatic carboxylic acids is 1. The highest BCUT2D eigenvalue weighted by Gasteiger charge is 2.38. The Balaban J connectivity index is 2.29. The Morgan fingerprint density at radius 3 is 2.23 bits per heavy atom. The van der Waals surface area contributed by atoms with Crippen molar-refractivity contribution < 1.29 is 34.2 Å². The number of nitrogens with one attached hydrogen (secondary N) is 3. The van der Waals surface area contributed by atoms with E-state index in [1.54, 1.807) is 19.1 Å². The van der Waals surface area contributed by atoms with Crippen LogP contribution in [0.25, 0.3) is 0 Å². The van der Waals surface area contributed by atoms with E-state index in [0.717, 1.165) is 0 Å². The molecule has 13 heteroatoms. The van der Waals surface area contributed by atoms with Crippen LogP contribution in [0.15, 0.2) is 24.3 Å². The zero-order chi connectivity index (χ0) is 33.0. The van der Waals surface area contributed by atoms with E-state index >= 15 is 0 Å². The summed E-state index contributed by atoms with van der Waals surface area (Å²) in [5.74, 6) is -3.62. The number of carboxylic acid groups (broad SMARTS) is 1. The van der Waals surface area contributed by atoms with Crippen molar-refractivity contribution >= 4 is 29.6 Å². The SMILES string of the molecule is CC[C@H](C)[C@H](NC(=O)[C@H](Cc1ccc(O)cc1)NC(=O)[C@@H]1CCCN1C(=O)[C@@H](N)CCCN)C(=O)N[C@@H](CC(C)C)C(=O)O. The van der Waals surface area contributed by atoms with Crippen molar-refractivity contribution in [3.8, 4) is 5.75 Å². The van der Waals surface area contributed by atoms with Gasteiger partial charge in [-0.3, -0.25) is 19.2 Å². The molecular weight excluding hydrogens is 568 g/mol. The van der Waals surface area contributed by atoms with Crippen LogP contribution in [0.1, 0.15) is 71.8 Å². The number of nitrogens with zero attached hydrogens (tertiary/aromatic N) is 1. The van der Waals surface area contributed by atoms with E-state index in [2.05, 4.69) is 16.0 Å². The molecule has 1 fully saturated rings. The number of carbonyl (C=O) groups excluding carboxylic acids is 4. The molecule has 0 aliphatic carbocycles. The minimum atomic E-state index is -1.17. The second kappa shape index (κ2) is 17.6. The van der Waals surface area contributed by atoms with Gasteiger partial charge in [-0.1, -0.05) is 46.2 Å². The summed E-state index contributed by atoms with van der Waals surface area (Å²) >= 11 is 0. The number of hydrogen-bond acceptors (Lipinski definition) is 8. The highest BCUT2D eigenvalue weighted by molar-refractivity contribution is 5.95. The maximum atomic E-state index is 13.8. The molecule has 0 bridgehead atoms. The Morgan fingerprint density at radius 2 is 1.66 bits per heavy atom. The van der Waals surface area contributed by atoms with Crippen LogP contribution in [-0.2, 0) is 30.4 Å². The second-order valence-electron chi connectivity index (χ2n) is 12.1. The smallest absolute Gasteiger partial charge is 0.326 e. The lowest BCUT2D eigenvalue weighted by molar-refractivity contribution is -0.143. The van der Waals surface area contributed by atoms with E-state index < -0.39 is 53.9 Å². The third-order valence-electron chi connectivity index (χ3n) is 8.00. The minimum absolute atomic E-state index is 0.00943. The quantitative estimate of drug-likeness (QED) is 0.130. The molecule has 1 saturated heterocycles. The van der Waals surface area contributed by atoms with Crippen LogP contribution >= 0.6 is 0 Å². The predicted molar refractivity (Wildman–Crippen MR) is 165 cm³/mol. The number of carboxylic acids is 1. The number of amides is 4. The molecule has 0 unspecified atom stereocenters. The number of phenols is 1. The van der Waals surface area contributed by atoms with Crippen molar-refractivity contribution in [1.29, 1.82) is 0 Å². The van der Waals surface area contributed by atoms with Gasteiger partial charge in [0.2, 0.25) is 23.6 Å². The first-order valence-electron chi connectivity index (χ1n) is 15.5. The van der Waals surface area contributed by atoms with Gasteiger partial charge in [0, 0.05) is 13.0 Å². The fraction of sp³-hybridized carbons (Fsp3) is 0.645. The Kier molecular flexibility index (Phi) is 14.6. The molecule has 6 atom stereocenters. The number of carbonyl (C=O) groups is 5. The van der Waals surface area contributed by atoms with Gasteiger partial charge in [-0.2, -0.15) is 0 Å². The number of hydrogen-bond donors (Lipinski definition) is 7. The monoisotopic (exact) mass is 618 g/mol. The molecule has 0 spiro atoms. The first-order chi connectivity index (χ1) is 20.8. The van der Waals surface area contributed by atoms with E-state index in [0.29, 0.717) is 50.8 Å². The molecule has 0 radical (unpaired) electrons. The van der Waals surface area contributed by atoms with Gasteiger partial charge < -0.3 is 42.5 Å². The summed E-state index contributed by atoms with van der Waals surface area (Å²) in [4.78, 5) is 66.9. The molecule has 44 heavy (non-hydrogen) atoms. The van der Waals surface area contributed by atoms with Gasteiger partial charge in [0.15, 0.2) is 0 Å². The van der Waals surface area contributed by atoms with Crippen LogP contribution in [0.5, 0.6) is 5.75 Å². The maximum absolute atomic E-state index is 13.8. The van der Waals surface area contributed by atoms with Crippen LogP contribution < -0.4 is 27.4 Å². The molecule has 1 heterocycles. The summed E-state index contributed by atoms with van der Waals surface area (Å²) in [6.45, 7) is 8.06. The highest BCUT2D eigenvalue weighted by atomic mass is 16.4. The molecule has 0 saturated carbocycles. The molecule has 4 amide bonds. The molecule has 246 valence electrons. The number of aromatic hydroxyl groups is 1. The van der Waals surface area contributed by atoms with Crippen molar-refractivity contribution in [3.63, 3.8) is 0 Å². The Bertz CT molecular complexity index is 1130. The normalized spacial score (nSPS) is 18.2. The molecule has 1 aliphatic rings. The lowest BCUT2D eigenvalue weighted by Crippen LogP contribution is -2.59. The third kappa shape index (κ3) is 10.8. The number of benzene rings is 1. The van der Waals surface area contributed by atoms with Gasteiger partial charge in [0.1, 0.15) is 29.9 Å². The maximum Gasteiger partial charge on any atom is 0.326 e. The minimum Gasteiger partial charge on any atom is -0.508 e. The van der Waals surface area contributed by atoms with Gasteiger partial charge in [0.05, 0.1) is 6.04 Å². The average molecular weight is 619 g/mol. The summed E-state index contributed by atoms with van der Waals surface area (Å²) in [5, 5.41) is 27.4. The molecule has 9 N–H and O–H groups in total. The van der Waals surface area contributed by atoms with Crippen LogP contribution in [0.4, 0.5) is 0 Å². The standard InChI is InChI=1S/C31H50N6O7/c1-5-19(4)26(29(41)35-24(31(43)44)16-18(2)3)36-27(39)23(17-20-10-12-21(38)13-11-20)34-28(40)25-9-7-15-37(25)30(42)22(33)8-6-14-32/h10-13,18-19,22-26,38H,5-9,14-17,32-33H2,1-4H3,(H,34,40)(H,35,41)(H,36,39)(H,43,44)/t19-,22-,23-,24-,25-,26-/m0/s1. The van der Waals surface area contributed by atoms with E-state index in [1.807, 2.05) is 20.8 Å².